The predicted octanol–water partition coefficient (Wildman–Crippen LogP) is 0.911. The van der Waals surface area contributed by atoms with Crippen molar-refractivity contribution in [3.63, 3.8) is 0 Å². The summed E-state index contributed by atoms with van der Waals surface area (Å²) in [6, 6.07) is 0.185. The minimum Gasteiger partial charge on any atom is -0.335 e. The Morgan fingerprint density at radius 3 is 2.29 bits per heavy atom. The maximum atomic E-state index is 12.4. The first-order chi connectivity index (χ1) is 7.84. The van der Waals surface area contributed by atoms with Crippen LogP contribution in [-0.2, 0) is 4.79 Å². The summed E-state index contributed by atoms with van der Waals surface area (Å²) in [4.78, 5) is 16.7. The highest BCUT2D eigenvalue weighted by atomic mass is 16.2. The third-order valence-electron chi connectivity index (χ3n) is 3.57. The Morgan fingerprint density at radius 1 is 1.35 bits per heavy atom. The van der Waals surface area contributed by atoms with Gasteiger partial charge in [-0.1, -0.05) is 13.8 Å². The summed E-state index contributed by atoms with van der Waals surface area (Å²) in [6.07, 6.45) is 1.06. The molecule has 1 amide bonds. The van der Waals surface area contributed by atoms with E-state index in [0.717, 1.165) is 19.5 Å². The lowest BCUT2D eigenvalue weighted by Crippen LogP contribution is -2.54. The quantitative estimate of drug-likeness (QED) is 0.796. The standard InChI is InChI=1S/C13H27N3O/c1-9(2)12(14)13(17)16(10(3)4)11-6-7-15(5)8-11/h9-12H,6-8,14H2,1-5H3/t11-,12-/m0/s1. The van der Waals surface area contributed by atoms with Crippen molar-refractivity contribution in [2.45, 2.75) is 52.2 Å². The van der Waals surface area contributed by atoms with Gasteiger partial charge in [-0.15, -0.1) is 0 Å². The maximum Gasteiger partial charge on any atom is 0.240 e. The Balaban J connectivity index is 2.75. The maximum absolute atomic E-state index is 12.4. The number of rotatable bonds is 4. The first-order valence-corrected chi connectivity index (χ1v) is 6.61. The lowest BCUT2D eigenvalue weighted by molar-refractivity contribution is -0.137. The Hall–Kier alpha value is -0.610. The van der Waals surface area contributed by atoms with Gasteiger partial charge in [-0.25, -0.2) is 0 Å². The summed E-state index contributed by atoms with van der Waals surface area (Å²) in [5.41, 5.74) is 6.00. The number of nitrogens with two attached hydrogens (primary N) is 1. The van der Waals surface area contributed by atoms with Gasteiger partial charge in [0.15, 0.2) is 0 Å². The number of hydrogen-bond donors (Lipinski definition) is 1. The molecule has 4 nitrogen and oxygen atoms in total. The van der Waals surface area contributed by atoms with E-state index in [1.165, 1.54) is 0 Å². The number of nitrogens with zero attached hydrogens (tertiary/aromatic N) is 2. The zero-order chi connectivity index (χ0) is 13.2. The number of likely N-dealkylation sites (tertiary alicyclic amines) is 1. The van der Waals surface area contributed by atoms with E-state index >= 15 is 0 Å². The van der Waals surface area contributed by atoms with Crippen molar-refractivity contribution in [1.29, 1.82) is 0 Å². The minimum absolute atomic E-state index is 0.107. The highest BCUT2D eigenvalue weighted by molar-refractivity contribution is 5.82. The van der Waals surface area contributed by atoms with Crippen LogP contribution in [0.25, 0.3) is 0 Å². The zero-order valence-electron chi connectivity index (χ0n) is 11.8. The van der Waals surface area contributed by atoms with Crippen LogP contribution in [0.2, 0.25) is 0 Å². The molecule has 100 valence electrons. The monoisotopic (exact) mass is 241 g/mol. The molecule has 0 aromatic heterocycles. The third-order valence-corrected chi connectivity index (χ3v) is 3.57. The van der Waals surface area contributed by atoms with E-state index in [9.17, 15) is 4.79 Å². The molecule has 0 unspecified atom stereocenters. The van der Waals surface area contributed by atoms with Crippen LogP contribution in [0.15, 0.2) is 0 Å². The molecule has 1 fully saturated rings. The summed E-state index contributed by atoms with van der Waals surface area (Å²) in [6.45, 7) is 10.2. The largest absolute Gasteiger partial charge is 0.335 e. The van der Waals surface area contributed by atoms with Crippen molar-refractivity contribution in [3.8, 4) is 0 Å². The van der Waals surface area contributed by atoms with E-state index in [1.807, 2.05) is 18.7 Å². The number of amides is 1. The predicted molar refractivity (Wildman–Crippen MR) is 70.7 cm³/mol. The fourth-order valence-corrected chi connectivity index (χ4v) is 2.45. The molecule has 1 heterocycles. The van der Waals surface area contributed by atoms with Crippen molar-refractivity contribution >= 4 is 5.91 Å². The first kappa shape index (κ1) is 14.5. The molecule has 4 heteroatoms. The van der Waals surface area contributed by atoms with E-state index in [2.05, 4.69) is 25.8 Å². The molecule has 17 heavy (non-hydrogen) atoms. The summed E-state index contributed by atoms with van der Waals surface area (Å²) >= 11 is 0. The van der Waals surface area contributed by atoms with Crippen molar-refractivity contribution < 1.29 is 4.79 Å². The molecule has 1 aliphatic heterocycles. The molecule has 0 saturated carbocycles. The second kappa shape index (κ2) is 5.83. The van der Waals surface area contributed by atoms with Crippen LogP contribution in [0.1, 0.15) is 34.1 Å². The Bertz CT molecular complexity index is 265. The number of carbonyl (C=O) groups is 1. The Labute approximate surface area is 105 Å². The van der Waals surface area contributed by atoms with Gasteiger partial charge in [0.2, 0.25) is 5.91 Å². The molecule has 1 rings (SSSR count). The van der Waals surface area contributed by atoms with Gasteiger partial charge in [-0.3, -0.25) is 4.79 Å². The lowest BCUT2D eigenvalue weighted by atomic mass is 10.0. The molecule has 0 radical (unpaired) electrons. The van der Waals surface area contributed by atoms with Gasteiger partial charge in [0.05, 0.1) is 6.04 Å². The summed E-state index contributed by atoms with van der Waals surface area (Å²) in [7, 11) is 2.10. The number of carbonyl (C=O) groups excluding carboxylic acids is 1. The fourth-order valence-electron chi connectivity index (χ4n) is 2.45. The third kappa shape index (κ3) is 3.42. The zero-order valence-corrected chi connectivity index (χ0v) is 11.8. The summed E-state index contributed by atoms with van der Waals surface area (Å²) < 4.78 is 0. The number of likely N-dealkylation sites (N-methyl/N-ethyl adjacent to an activating group) is 1. The molecular formula is C13H27N3O. The van der Waals surface area contributed by atoms with Crippen LogP contribution < -0.4 is 5.73 Å². The van der Waals surface area contributed by atoms with Crippen LogP contribution in [0.5, 0.6) is 0 Å². The first-order valence-electron chi connectivity index (χ1n) is 6.61. The Kier molecular flexibility index (Phi) is 4.95. The van der Waals surface area contributed by atoms with Crippen molar-refractivity contribution in [1.82, 2.24) is 9.80 Å². The van der Waals surface area contributed by atoms with Gasteiger partial charge in [-0.2, -0.15) is 0 Å². The molecule has 2 atom stereocenters. The fraction of sp³-hybridized carbons (Fsp3) is 0.923. The lowest BCUT2D eigenvalue weighted by Gasteiger charge is -2.35. The molecule has 0 aromatic rings. The second-order valence-electron chi connectivity index (χ2n) is 5.81. The molecule has 0 bridgehead atoms. The van der Waals surface area contributed by atoms with Gasteiger partial charge in [0.1, 0.15) is 0 Å². The summed E-state index contributed by atoms with van der Waals surface area (Å²) in [5, 5.41) is 0. The molecule has 0 aliphatic carbocycles. The summed E-state index contributed by atoms with van der Waals surface area (Å²) in [5.74, 6) is 0.304. The van der Waals surface area contributed by atoms with Crippen LogP contribution in [0.3, 0.4) is 0 Å². The topological polar surface area (TPSA) is 49.6 Å². The normalized spacial score (nSPS) is 23.4. The van der Waals surface area contributed by atoms with Crippen LogP contribution >= 0.6 is 0 Å². The van der Waals surface area contributed by atoms with E-state index in [1.54, 1.807) is 0 Å². The molecule has 0 spiro atoms. The average Bonchev–Trinajstić information content (AvgIpc) is 2.62. The van der Waals surface area contributed by atoms with Crippen LogP contribution in [0.4, 0.5) is 0 Å². The van der Waals surface area contributed by atoms with Crippen molar-refractivity contribution in [2.24, 2.45) is 11.7 Å². The van der Waals surface area contributed by atoms with Gasteiger partial charge in [0, 0.05) is 18.6 Å². The smallest absolute Gasteiger partial charge is 0.240 e. The highest BCUT2D eigenvalue weighted by Gasteiger charge is 2.34. The minimum atomic E-state index is -0.372. The van der Waals surface area contributed by atoms with Crippen molar-refractivity contribution in [2.75, 3.05) is 20.1 Å². The van der Waals surface area contributed by atoms with E-state index in [-0.39, 0.29) is 23.9 Å². The molecule has 2 N–H and O–H groups in total. The van der Waals surface area contributed by atoms with Crippen LogP contribution in [0, 0.1) is 5.92 Å². The average molecular weight is 241 g/mol. The highest BCUT2D eigenvalue weighted by Crippen LogP contribution is 2.19. The van der Waals surface area contributed by atoms with E-state index < -0.39 is 0 Å². The Morgan fingerprint density at radius 2 is 1.94 bits per heavy atom. The second-order valence-corrected chi connectivity index (χ2v) is 5.81. The molecule has 1 saturated heterocycles. The molecular weight excluding hydrogens is 214 g/mol. The van der Waals surface area contributed by atoms with E-state index in [4.69, 9.17) is 5.73 Å². The van der Waals surface area contributed by atoms with Gasteiger partial charge >= 0.3 is 0 Å². The van der Waals surface area contributed by atoms with Gasteiger partial charge in [0.25, 0.3) is 0 Å². The van der Waals surface area contributed by atoms with Crippen LogP contribution in [-0.4, -0.2) is 54.0 Å². The van der Waals surface area contributed by atoms with Crippen molar-refractivity contribution in [3.05, 3.63) is 0 Å². The van der Waals surface area contributed by atoms with Gasteiger partial charge in [-0.05, 0) is 39.8 Å². The molecule has 0 aromatic carbocycles. The van der Waals surface area contributed by atoms with E-state index in [0.29, 0.717) is 6.04 Å². The SMILES string of the molecule is CC(C)[C@H](N)C(=O)N(C(C)C)[C@H]1CCN(C)C1. The molecule has 1 aliphatic rings. The number of hydrogen-bond acceptors (Lipinski definition) is 3. The van der Waals surface area contributed by atoms with Gasteiger partial charge < -0.3 is 15.5 Å².